The number of carbonyl (C=O) groups excluding carboxylic acids is 2. The first-order chi connectivity index (χ1) is 13.1. The molecule has 0 aromatic heterocycles. The van der Waals surface area contributed by atoms with E-state index in [1.165, 1.54) is 0 Å². The van der Waals surface area contributed by atoms with Crippen molar-refractivity contribution < 1.29 is 9.59 Å². The van der Waals surface area contributed by atoms with Crippen LogP contribution in [-0.2, 0) is 9.59 Å². The predicted octanol–water partition coefficient (Wildman–Crippen LogP) is 1.40. The average molecular weight is 373 g/mol. The van der Waals surface area contributed by atoms with E-state index in [-0.39, 0.29) is 23.9 Å². The lowest BCUT2D eigenvalue weighted by Gasteiger charge is -2.38. The summed E-state index contributed by atoms with van der Waals surface area (Å²) in [6, 6.07) is 9.73. The summed E-state index contributed by atoms with van der Waals surface area (Å²) in [6.07, 6.45) is 4.13. The molecule has 2 fully saturated rings. The molecule has 2 saturated heterocycles. The minimum Gasteiger partial charge on any atom is -0.354 e. The van der Waals surface area contributed by atoms with Gasteiger partial charge in [0.1, 0.15) is 6.04 Å². The number of nitrogens with zero attached hydrogens (tertiary/aromatic N) is 2. The van der Waals surface area contributed by atoms with Crippen LogP contribution in [0.4, 0.5) is 0 Å². The Hall–Kier alpha value is -1.92. The van der Waals surface area contributed by atoms with Crippen LogP contribution in [0.15, 0.2) is 30.3 Å². The maximum Gasteiger partial charge on any atom is 0.244 e. The van der Waals surface area contributed by atoms with E-state index in [0.29, 0.717) is 12.5 Å². The zero-order valence-corrected chi connectivity index (χ0v) is 16.5. The Labute approximate surface area is 162 Å². The minimum atomic E-state index is -0.254. The Morgan fingerprint density at radius 2 is 2.00 bits per heavy atom. The van der Waals surface area contributed by atoms with E-state index in [0.717, 1.165) is 50.9 Å². The number of piperidine rings is 1. The van der Waals surface area contributed by atoms with Gasteiger partial charge < -0.3 is 15.5 Å². The van der Waals surface area contributed by atoms with Gasteiger partial charge in [0, 0.05) is 27.2 Å². The topological polar surface area (TPSA) is 64.7 Å². The molecule has 2 amide bonds. The second kappa shape index (κ2) is 9.33. The molecule has 3 unspecified atom stereocenters. The van der Waals surface area contributed by atoms with Gasteiger partial charge in [-0.1, -0.05) is 30.3 Å². The highest BCUT2D eigenvalue weighted by molar-refractivity contribution is 5.83. The van der Waals surface area contributed by atoms with Crippen molar-refractivity contribution in [3.8, 4) is 0 Å². The summed E-state index contributed by atoms with van der Waals surface area (Å²) in [4.78, 5) is 29.1. The van der Waals surface area contributed by atoms with Crippen molar-refractivity contribution in [1.29, 1.82) is 0 Å². The molecule has 6 nitrogen and oxygen atoms in total. The third kappa shape index (κ3) is 5.08. The third-order valence-corrected chi connectivity index (χ3v) is 5.65. The molecule has 0 saturated carbocycles. The molecule has 0 spiro atoms. The van der Waals surface area contributed by atoms with Crippen LogP contribution in [0.5, 0.6) is 0 Å². The van der Waals surface area contributed by atoms with Gasteiger partial charge >= 0.3 is 0 Å². The molecular formula is C21H32N4O2. The van der Waals surface area contributed by atoms with Gasteiger partial charge in [-0.25, -0.2) is 0 Å². The maximum atomic E-state index is 12.9. The van der Waals surface area contributed by atoms with Crippen LogP contribution in [-0.4, -0.2) is 67.9 Å². The van der Waals surface area contributed by atoms with Gasteiger partial charge in [0.05, 0.1) is 6.04 Å². The Kier molecular flexibility index (Phi) is 6.85. The molecule has 2 aliphatic rings. The van der Waals surface area contributed by atoms with Crippen molar-refractivity contribution in [2.75, 3.05) is 40.3 Å². The molecule has 0 aliphatic carbocycles. The van der Waals surface area contributed by atoms with Crippen LogP contribution in [0.25, 0.3) is 0 Å². The highest BCUT2D eigenvalue weighted by Gasteiger charge is 2.33. The Morgan fingerprint density at radius 3 is 2.67 bits per heavy atom. The molecular weight excluding hydrogens is 340 g/mol. The highest BCUT2D eigenvalue weighted by Crippen LogP contribution is 2.28. The average Bonchev–Trinajstić information content (AvgIpc) is 3.22. The van der Waals surface area contributed by atoms with Crippen LogP contribution in [0.1, 0.15) is 37.3 Å². The fourth-order valence-electron chi connectivity index (χ4n) is 4.16. The van der Waals surface area contributed by atoms with Gasteiger partial charge in [-0.2, -0.15) is 0 Å². The number of amides is 2. The molecule has 2 aliphatic heterocycles. The quantitative estimate of drug-likeness (QED) is 0.792. The lowest BCUT2D eigenvalue weighted by molar-refractivity contribution is -0.135. The van der Waals surface area contributed by atoms with Crippen molar-refractivity contribution in [2.45, 2.75) is 37.8 Å². The monoisotopic (exact) mass is 372 g/mol. The van der Waals surface area contributed by atoms with Crippen LogP contribution < -0.4 is 10.6 Å². The van der Waals surface area contributed by atoms with E-state index in [9.17, 15) is 9.59 Å². The Morgan fingerprint density at radius 1 is 1.22 bits per heavy atom. The van der Waals surface area contributed by atoms with E-state index in [2.05, 4.69) is 15.5 Å². The van der Waals surface area contributed by atoms with E-state index in [1.807, 2.05) is 44.4 Å². The number of likely N-dealkylation sites (N-methyl/N-ethyl adjacent to an activating group) is 1. The summed E-state index contributed by atoms with van der Waals surface area (Å²) in [7, 11) is 3.63. The van der Waals surface area contributed by atoms with Crippen molar-refractivity contribution in [1.82, 2.24) is 20.4 Å². The van der Waals surface area contributed by atoms with Gasteiger partial charge in [0.25, 0.3) is 0 Å². The maximum absolute atomic E-state index is 12.9. The van der Waals surface area contributed by atoms with Crippen LogP contribution in [0, 0.1) is 5.92 Å². The SMILES string of the molecule is CN(C)C(=O)C(c1ccccc1)N1CCCC(CNC(=O)C2CCCN2)C1. The van der Waals surface area contributed by atoms with Crippen molar-refractivity contribution in [3.63, 3.8) is 0 Å². The van der Waals surface area contributed by atoms with Gasteiger partial charge in [0.2, 0.25) is 11.8 Å². The zero-order chi connectivity index (χ0) is 19.2. The molecule has 27 heavy (non-hydrogen) atoms. The van der Waals surface area contributed by atoms with Crippen molar-refractivity contribution in [2.24, 2.45) is 5.92 Å². The summed E-state index contributed by atoms with van der Waals surface area (Å²) in [5, 5.41) is 6.37. The summed E-state index contributed by atoms with van der Waals surface area (Å²) in [6.45, 7) is 3.36. The number of hydrogen-bond donors (Lipinski definition) is 2. The molecule has 0 radical (unpaired) electrons. The molecule has 3 rings (SSSR count). The van der Waals surface area contributed by atoms with Crippen LogP contribution >= 0.6 is 0 Å². The molecule has 2 heterocycles. The standard InChI is InChI=1S/C21H32N4O2/c1-24(2)21(27)19(17-9-4-3-5-10-17)25-13-7-8-16(15-25)14-23-20(26)18-11-6-12-22-18/h3-5,9-10,16,18-19,22H,6-8,11-15H2,1-2H3,(H,23,26). The number of nitrogens with one attached hydrogen (secondary N) is 2. The second-order valence-electron chi connectivity index (χ2n) is 7.94. The molecule has 1 aromatic rings. The van der Waals surface area contributed by atoms with Crippen molar-refractivity contribution >= 4 is 11.8 Å². The molecule has 148 valence electrons. The summed E-state index contributed by atoms with van der Waals surface area (Å²) in [5.74, 6) is 0.611. The fourth-order valence-corrected chi connectivity index (χ4v) is 4.16. The third-order valence-electron chi connectivity index (χ3n) is 5.65. The van der Waals surface area contributed by atoms with Crippen molar-refractivity contribution in [3.05, 3.63) is 35.9 Å². The Balaban J connectivity index is 1.63. The van der Waals surface area contributed by atoms with E-state index >= 15 is 0 Å². The first kappa shape index (κ1) is 19.8. The number of hydrogen-bond acceptors (Lipinski definition) is 4. The molecule has 6 heteroatoms. The number of likely N-dealkylation sites (tertiary alicyclic amines) is 1. The highest BCUT2D eigenvalue weighted by atomic mass is 16.2. The lowest BCUT2D eigenvalue weighted by Crippen LogP contribution is -2.48. The second-order valence-corrected chi connectivity index (χ2v) is 7.94. The summed E-state index contributed by atoms with van der Waals surface area (Å²) in [5.41, 5.74) is 1.04. The first-order valence-electron chi connectivity index (χ1n) is 10.1. The van der Waals surface area contributed by atoms with E-state index in [4.69, 9.17) is 0 Å². The van der Waals surface area contributed by atoms with Gasteiger partial charge in [-0.05, 0) is 50.3 Å². The van der Waals surface area contributed by atoms with E-state index < -0.39 is 0 Å². The molecule has 2 N–H and O–H groups in total. The van der Waals surface area contributed by atoms with Gasteiger partial charge in [-0.3, -0.25) is 14.5 Å². The fraction of sp³-hybridized carbons (Fsp3) is 0.619. The van der Waals surface area contributed by atoms with E-state index in [1.54, 1.807) is 4.90 Å². The molecule has 0 bridgehead atoms. The van der Waals surface area contributed by atoms with Gasteiger partial charge in [-0.15, -0.1) is 0 Å². The minimum absolute atomic E-state index is 0.0305. The Bertz CT molecular complexity index is 628. The number of benzene rings is 1. The number of carbonyl (C=O) groups is 2. The summed E-state index contributed by atoms with van der Waals surface area (Å²) >= 11 is 0. The van der Waals surface area contributed by atoms with Crippen LogP contribution in [0.3, 0.4) is 0 Å². The normalized spacial score (nSPS) is 24.4. The lowest BCUT2D eigenvalue weighted by atomic mass is 9.94. The zero-order valence-electron chi connectivity index (χ0n) is 16.5. The van der Waals surface area contributed by atoms with Gasteiger partial charge in [0.15, 0.2) is 0 Å². The molecule has 3 atom stereocenters. The predicted molar refractivity (Wildman–Crippen MR) is 106 cm³/mol. The van der Waals surface area contributed by atoms with Crippen LogP contribution in [0.2, 0.25) is 0 Å². The smallest absolute Gasteiger partial charge is 0.244 e. The summed E-state index contributed by atoms with van der Waals surface area (Å²) < 4.78 is 0. The first-order valence-corrected chi connectivity index (χ1v) is 10.1. The molecule has 1 aromatic carbocycles. The largest absolute Gasteiger partial charge is 0.354 e. The number of rotatable bonds is 6.